The molecule has 1 fully saturated rings. The number of hydrogen-bond donors (Lipinski definition) is 1. The third-order valence-corrected chi connectivity index (χ3v) is 3.37. The van der Waals surface area contributed by atoms with Crippen molar-refractivity contribution in [1.82, 2.24) is 9.88 Å². The van der Waals surface area contributed by atoms with Crippen LogP contribution in [0.3, 0.4) is 0 Å². The first-order chi connectivity index (χ1) is 8.50. The average Bonchev–Trinajstić information content (AvgIpc) is 2.76. The van der Waals surface area contributed by atoms with Crippen LogP contribution in [0.5, 0.6) is 0 Å². The molecule has 1 aromatic heterocycles. The smallest absolute Gasteiger partial charge is 0.244 e. The lowest BCUT2D eigenvalue weighted by atomic mass is 10.2. The van der Waals surface area contributed by atoms with Gasteiger partial charge in [-0.2, -0.15) is 0 Å². The van der Waals surface area contributed by atoms with Gasteiger partial charge in [-0.3, -0.25) is 4.79 Å². The summed E-state index contributed by atoms with van der Waals surface area (Å²) in [5, 5.41) is 0.494. The molecule has 1 aliphatic heterocycles. The highest BCUT2D eigenvalue weighted by Crippen LogP contribution is 2.31. The van der Waals surface area contributed by atoms with Gasteiger partial charge in [0.05, 0.1) is 16.9 Å². The minimum Gasteiger partial charge on any atom is -0.397 e. The zero-order valence-electron chi connectivity index (χ0n) is 10.6. The van der Waals surface area contributed by atoms with E-state index in [1.54, 1.807) is 31.3 Å². The van der Waals surface area contributed by atoms with Crippen LogP contribution in [0.15, 0.2) is 12.3 Å². The molecule has 98 valence electrons. The SMILES string of the molecule is CN(C)C(=O)C1CCCN1c1ncc(N)cc1Cl. The van der Waals surface area contributed by atoms with E-state index in [9.17, 15) is 4.79 Å². The Balaban J connectivity index is 2.29. The predicted molar refractivity (Wildman–Crippen MR) is 72.7 cm³/mol. The van der Waals surface area contributed by atoms with Crippen LogP contribution in [0.25, 0.3) is 0 Å². The normalized spacial score (nSPS) is 19.1. The van der Waals surface area contributed by atoms with E-state index in [-0.39, 0.29) is 11.9 Å². The van der Waals surface area contributed by atoms with Crippen LogP contribution in [0.2, 0.25) is 5.02 Å². The van der Waals surface area contributed by atoms with Crippen molar-refractivity contribution < 1.29 is 4.79 Å². The number of likely N-dealkylation sites (N-methyl/N-ethyl adjacent to an activating group) is 1. The molecule has 0 bridgehead atoms. The van der Waals surface area contributed by atoms with Crippen molar-refractivity contribution >= 4 is 29.0 Å². The Morgan fingerprint density at radius 3 is 2.94 bits per heavy atom. The van der Waals surface area contributed by atoms with Gasteiger partial charge in [0.15, 0.2) is 0 Å². The molecule has 1 amide bonds. The van der Waals surface area contributed by atoms with Crippen molar-refractivity contribution in [2.24, 2.45) is 0 Å². The highest BCUT2D eigenvalue weighted by molar-refractivity contribution is 6.33. The van der Waals surface area contributed by atoms with Gasteiger partial charge in [0.1, 0.15) is 11.9 Å². The standard InChI is InChI=1S/C12H17ClN4O/c1-16(2)12(18)10-4-3-5-17(10)11-9(13)6-8(14)7-15-11/h6-7,10H,3-5,14H2,1-2H3. The summed E-state index contributed by atoms with van der Waals surface area (Å²) >= 11 is 6.15. The fourth-order valence-corrected chi connectivity index (χ4v) is 2.52. The number of carbonyl (C=O) groups is 1. The van der Waals surface area contributed by atoms with Crippen LogP contribution < -0.4 is 10.6 Å². The number of nitrogen functional groups attached to an aromatic ring is 1. The van der Waals surface area contributed by atoms with Crippen LogP contribution in [0, 0.1) is 0 Å². The molecule has 1 aromatic rings. The molecule has 2 N–H and O–H groups in total. The third kappa shape index (κ3) is 2.36. The van der Waals surface area contributed by atoms with E-state index in [1.807, 2.05) is 4.90 Å². The van der Waals surface area contributed by atoms with Crippen LogP contribution in [0.1, 0.15) is 12.8 Å². The quantitative estimate of drug-likeness (QED) is 0.880. The summed E-state index contributed by atoms with van der Waals surface area (Å²) in [5.74, 6) is 0.728. The van der Waals surface area contributed by atoms with E-state index in [2.05, 4.69) is 4.98 Å². The van der Waals surface area contributed by atoms with Crippen LogP contribution in [-0.4, -0.2) is 42.5 Å². The number of nitrogens with two attached hydrogens (primary N) is 1. The Bertz CT molecular complexity index is 463. The Morgan fingerprint density at radius 1 is 1.61 bits per heavy atom. The van der Waals surface area contributed by atoms with Crippen molar-refractivity contribution in [3.05, 3.63) is 17.3 Å². The molecule has 0 aliphatic carbocycles. The summed E-state index contributed by atoms with van der Waals surface area (Å²) in [6.07, 6.45) is 3.36. The van der Waals surface area contributed by atoms with Crippen LogP contribution >= 0.6 is 11.6 Å². The molecule has 1 saturated heterocycles. The number of aromatic nitrogens is 1. The average molecular weight is 269 g/mol. The number of halogens is 1. The summed E-state index contributed by atoms with van der Waals surface area (Å²) in [6.45, 7) is 0.793. The lowest BCUT2D eigenvalue weighted by Crippen LogP contribution is -2.43. The summed E-state index contributed by atoms with van der Waals surface area (Å²) in [6, 6.07) is 1.49. The second-order valence-electron chi connectivity index (χ2n) is 4.66. The molecule has 1 atom stereocenters. The molecule has 2 rings (SSSR count). The predicted octanol–water partition coefficient (Wildman–Crippen LogP) is 1.37. The maximum Gasteiger partial charge on any atom is 0.244 e. The molecule has 6 heteroatoms. The van der Waals surface area contributed by atoms with Crippen LogP contribution in [0.4, 0.5) is 11.5 Å². The largest absolute Gasteiger partial charge is 0.397 e. The number of anilines is 2. The lowest BCUT2D eigenvalue weighted by molar-refractivity contribution is -0.129. The maximum absolute atomic E-state index is 12.1. The van der Waals surface area contributed by atoms with E-state index in [4.69, 9.17) is 17.3 Å². The maximum atomic E-state index is 12.1. The first kappa shape index (κ1) is 13.0. The van der Waals surface area contributed by atoms with Gasteiger partial charge in [-0.15, -0.1) is 0 Å². The Labute approximate surface area is 112 Å². The lowest BCUT2D eigenvalue weighted by Gasteiger charge is -2.27. The summed E-state index contributed by atoms with van der Waals surface area (Å²) in [7, 11) is 3.52. The van der Waals surface area contributed by atoms with Crippen LogP contribution in [-0.2, 0) is 4.79 Å². The first-order valence-electron chi connectivity index (χ1n) is 5.89. The van der Waals surface area contributed by atoms with Gasteiger partial charge in [-0.25, -0.2) is 4.98 Å². The van der Waals surface area contributed by atoms with Gasteiger partial charge in [0.2, 0.25) is 5.91 Å². The van der Waals surface area contributed by atoms with Crippen molar-refractivity contribution in [3.63, 3.8) is 0 Å². The molecular formula is C12H17ClN4O. The van der Waals surface area contributed by atoms with Crippen molar-refractivity contribution in [1.29, 1.82) is 0 Å². The molecule has 0 radical (unpaired) electrons. The van der Waals surface area contributed by atoms with E-state index >= 15 is 0 Å². The molecular weight excluding hydrogens is 252 g/mol. The monoisotopic (exact) mass is 268 g/mol. The Morgan fingerprint density at radius 2 is 2.33 bits per heavy atom. The fraction of sp³-hybridized carbons (Fsp3) is 0.500. The number of hydrogen-bond acceptors (Lipinski definition) is 4. The summed E-state index contributed by atoms with van der Waals surface area (Å²) in [5.41, 5.74) is 6.15. The number of carbonyl (C=O) groups excluding carboxylic acids is 1. The topological polar surface area (TPSA) is 62.5 Å². The summed E-state index contributed by atoms with van der Waals surface area (Å²) < 4.78 is 0. The molecule has 1 unspecified atom stereocenters. The van der Waals surface area contributed by atoms with Gasteiger partial charge in [0.25, 0.3) is 0 Å². The van der Waals surface area contributed by atoms with E-state index in [0.29, 0.717) is 16.5 Å². The zero-order valence-corrected chi connectivity index (χ0v) is 11.3. The van der Waals surface area contributed by atoms with Crippen molar-refractivity contribution in [3.8, 4) is 0 Å². The Hall–Kier alpha value is -1.49. The highest BCUT2D eigenvalue weighted by atomic mass is 35.5. The van der Waals surface area contributed by atoms with Gasteiger partial charge in [-0.1, -0.05) is 11.6 Å². The van der Waals surface area contributed by atoms with Gasteiger partial charge < -0.3 is 15.5 Å². The second kappa shape index (κ2) is 5.02. The minimum absolute atomic E-state index is 0.0854. The van der Waals surface area contributed by atoms with Gasteiger partial charge in [0, 0.05) is 20.6 Å². The second-order valence-corrected chi connectivity index (χ2v) is 5.07. The van der Waals surface area contributed by atoms with Crippen molar-refractivity contribution in [2.75, 3.05) is 31.3 Å². The minimum atomic E-state index is -0.173. The highest BCUT2D eigenvalue weighted by Gasteiger charge is 2.33. The molecule has 0 aromatic carbocycles. The number of rotatable bonds is 2. The Kier molecular flexibility index (Phi) is 3.61. The molecule has 0 spiro atoms. The zero-order chi connectivity index (χ0) is 13.3. The van der Waals surface area contributed by atoms with E-state index in [0.717, 1.165) is 19.4 Å². The number of amides is 1. The molecule has 5 nitrogen and oxygen atoms in total. The summed E-state index contributed by atoms with van der Waals surface area (Å²) in [4.78, 5) is 19.9. The number of nitrogens with zero attached hydrogens (tertiary/aromatic N) is 3. The molecule has 18 heavy (non-hydrogen) atoms. The molecule has 0 saturated carbocycles. The molecule has 1 aliphatic rings. The first-order valence-corrected chi connectivity index (χ1v) is 6.27. The van der Waals surface area contributed by atoms with Gasteiger partial charge in [-0.05, 0) is 18.9 Å². The van der Waals surface area contributed by atoms with Crippen molar-refractivity contribution in [2.45, 2.75) is 18.9 Å². The van der Waals surface area contributed by atoms with Gasteiger partial charge >= 0.3 is 0 Å². The third-order valence-electron chi connectivity index (χ3n) is 3.09. The van der Waals surface area contributed by atoms with E-state index < -0.39 is 0 Å². The fourth-order valence-electron chi connectivity index (χ4n) is 2.23. The van der Waals surface area contributed by atoms with E-state index in [1.165, 1.54) is 0 Å². The molecule has 2 heterocycles. The number of pyridine rings is 1.